The number of carbonyl (C=O) groups is 1. The van der Waals surface area contributed by atoms with Gasteiger partial charge in [0.05, 0.1) is 16.7 Å². The van der Waals surface area contributed by atoms with Crippen LogP contribution in [-0.4, -0.2) is 24.0 Å². The van der Waals surface area contributed by atoms with Crippen molar-refractivity contribution in [2.24, 2.45) is 0 Å². The minimum atomic E-state index is -0.404. The van der Waals surface area contributed by atoms with Gasteiger partial charge in [-0.25, -0.2) is 0 Å². The van der Waals surface area contributed by atoms with Crippen molar-refractivity contribution in [1.82, 2.24) is 0 Å². The van der Waals surface area contributed by atoms with Crippen molar-refractivity contribution in [2.45, 2.75) is 13.0 Å². The average molecular weight is 331 g/mol. The fourth-order valence-corrected chi connectivity index (χ4v) is 3.85. The third kappa shape index (κ3) is 2.40. The van der Waals surface area contributed by atoms with Crippen molar-refractivity contribution in [1.29, 1.82) is 0 Å². The maximum absolute atomic E-state index is 11.5. The Morgan fingerprint density at radius 2 is 2.26 bits per heavy atom. The quantitative estimate of drug-likeness (QED) is 0.675. The van der Waals surface area contributed by atoms with Gasteiger partial charge in [0.25, 0.3) is 11.6 Å². The van der Waals surface area contributed by atoms with E-state index < -0.39 is 4.92 Å². The number of anilines is 2. The van der Waals surface area contributed by atoms with E-state index in [1.165, 1.54) is 16.5 Å². The number of hydrogen-bond donors (Lipinski definition) is 1. The molecule has 4 rings (SSSR count). The molecular formula is C15H13N3O4S. The van der Waals surface area contributed by atoms with Crippen LogP contribution in [0.3, 0.4) is 0 Å². The summed E-state index contributed by atoms with van der Waals surface area (Å²) in [7, 11) is 0. The molecule has 23 heavy (non-hydrogen) atoms. The van der Waals surface area contributed by atoms with Crippen LogP contribution in [0, 0.1) is 10.1 Å². The molecule has 0 bridgehead atoms. The zero-order chi connectivity index (χ0) is 16.0. The van der Waals surface area contributed by atoms with Crippen LogP contribution < -0.4 is 15.0 Å². The number of nitrogens with zero attached hydrogens (tertiary/aromatic N) is 2. The average Bonchev–Trinajstić information content (AvgIpc) is 3.00. The van der Waals surface area contributed by atoms with Crippen LogP contribution in [-0.2, 0) is 17.8 Å². The van der Waals surface area contributed by atoms with Gasteiger partial charge in [0.1, 0.15) is 5.69 Å². The molecule has 1 aromatic carbocycles. The highest BCUT2D eigenvalue weighted by atomic mass is 32.1. The highest BCUT2D eigenvalue weighted by Gasteiger charge is 2.28. The predicted molar refractivity (Wildman–Crippen MR) is 86.3 cm³/mol. The van der Waals surface area contributed by atoms with Crippen LogP contribution in [0.4, 0.5) is 17.1 Å². The summed E-state index contributed by atoms with van der Waals surface area (Å²) < 4.78 is 5.28. The molecule has 2 aromatic rings. The molecule has 1 aromatic heterocycles. The van der Waals surface area contributed by atoms with E-state index in [-0.39, 0.29) is 18.2 Å². The van der Waals surface area contributed by atoms with Crippen LogP contribution in [0.25, 0.3) is 0 Å². The summed E-state index contributed by atoms with van der Waals surface area (Å²) in [6, 6.07) is 5.09. The summed E-state index contributed by atoms with van der Waals surface area (Å²) in [5, 5.41) is 16.2. The van der Waals surface area contributed by atoms with Gasteiger partial charge in [-0.1, -0.05) is 0 Å². The van der Waals surface area contributed by atoms with E-state index in [1.54, 1.807) is 17.4 Å². The van der Waals surface area contributed by atoms with Gasteiger partial charge in [-0.15, -0.1) is 11.3 Å². The third-order valence-electron chi connectivity index (χ3n) is 4.05. The van der Waals surface area contributed by atoms with E-state index in [0.717, 1.165) is 6.42 Å². The van der Waals surface area contributed by atoms with Gasteiger partial charge < -0.3 is 15.0 Å². The lowest BCUT2D eigenvalue weighted by Gasteiger charge is -2.30. The number of fused-ring (bicyclic) bond motifs is 2. The number of carbonyl (C=O) groups excluding carboxylic acids is 1. The Balaban J connectivity index is 1.76. The van der Waals surface area contributed by atoms with E-state index in [2.05, 4.69) is 11.4 Å². The van der Waals surface area contributed by atoms with Crippen LogP contribution in [0.1, 0.15) is 10.4 Å². The normalized spacial score (nSPS) is 16.2. The second-order valence-electron chi connectivity index (χ2n) is 5.47. The summed E-state index contributed by atoms with van der Waals surface area (Å²) in [5.41, 5.74) is 2.20. The monoisotopic (exact) mass is 331 g/mol. The number of nitrogens with one attached hydrogen (secondary N) is 1. The number of thiophene rings is 1. The van der Waals surface area contributed by atoms with Crippen LogP contribution in [0.2, 0.25) is 0 Å². The van der Waals surface area contributed by atoms with Gasteiger partial charge in [0.2, 0.25) is 0 Å². The Morgan fingerprint density at radius 1 is 1.39 bits per heavy atom. The maximum atomic E-state index is 11.5. The number of rotatable bonds is 2. The largest absolute Gasteiger partial charge is 0.481 e. The van der Waals surface area contributed by atoms with E-state index in [9.17, 15) is 14.9 Å². The lowest BCUT2D eigenvalue weighted by Crippen LogP contribution is -2.31. The Hall–Kier alpha value is -2.61. The fourth-order valence-electron chi connectivity index (χ4n) is 2.96. The molecule has 0 radical (unpaired) electrons. The molecule has 118 valence electrons. The van der Waals surface area contributed by atoms with Crippen molar-refractivity contribution in [3.05, 3.63) is 44.1 Å². The molecule has 1 N–H and O–H groups in total. The topological polar surface area (TPSA) is 84.7 Å². The first kappa shape index (κ1) is 14.0. The molecule has 0 aliphatic carbocycles. The van der Waals surface area contributed by atoms with Crippen LogP contribution >= 0.6 is 11.3 Å². The second-order valence-corrected chi connectivity index (χ2v) is 6.47. The number of nitro benzene ring substituents is 1. The number of nitro groups is 1. The predicted octanol–water partition coefficient (Wildman–Crippen LogP) is 2.55. The summed E-state index contributed by atoms with van der Waals surface area (Å²) in [5.74, 6) is 0.0874. The van der Waals surface area contributed by atoms with Crippen LogP contribution in [0.5, 0.6) is 5.75 Å². The van der Waals surface area contributed by atoms with Gasteiger partial charge in [0, 0.05) is 18.0 Å². The van der Waals surface area contributed by atoms with E-state index in [0.29, 0.717) is 30.2 Å². The Bertz CT molecular complexity index is 817. The lowest BCUT2D eigenvalue weighted by atomic mass is 10.1. The number of benzene rings is 1. The lowest BCUT2D eigenvalue weighted by molar-refractivity contribution is -0.384. The molecule has 0 saturated heterocycles. The zero-order valence-corrected chi connectivity index (χ0v) is 12.9. The van der Waals surface area contributed by atoms with Crippen molar-refractivity contribution < 1.29 is 14.5 Å². The maximum Gasteiger partial charge on any atom is 0.296 e. The van der Waals surface area contributed by atoms with Crippen molar-refractivity contribution >= 4 is 34.3 Å². The molecule has 0 fully saturated rings. The standard InChI is InChI=1S/C15H13N3O4S/c19-15-8-22-13-6-12(18(20)21)11(5-10(13)16-15)17-3-1-14-9(7-17)2-4-23-14/h2,4-6H,1,3,7-8H2,(H,16,19). The highest BCUT2D eigenvalue weighted by molar-refractivity contribution is 7.10. The molecule has 3 heterocycles. The number of hydrogen-bond acceptors (Lipinski definition) is 6. The Kier molecular flexibility index (Phi) is 3.19. The van der Waals surface area contributed by atoms with E-state index in [4.69, 9.17) is 4.74 Å². The summed E-state index contributed by atoms with van der Waals surface area (Å²) in [6.45, 7) is 1.22. The smallest absolute Gasteiger partial charge is 0.296 e. The SMILES string of the molecule is O=C1COc2cc([N+](=O)[O-])c(N3CCc4sccc4C3)cc2N1. The Morgan fingerprint density at radius 3 is 3.09 bits per heavy atom. The summed E-state index contributed by atoms with van der Waals surface area (Å²) in [4.78, 5) is 25.8. The minimum absolute atomic E-state index is 0.00132. The Labute approximate surface area is 135 Å². The summed E-state index contributed by atoms with van der Waals surface area (Å²) >= 11 is 1.72. The molecule has 8 heteroatoms. The molecule has 0 unspecified atom stereocenters. The third-order valence-corrected chi connectivity index (χ3v) is 5.08. The van der Waals surface area contributed by atoms with Crippen LogP contribution in [0.15, 0.2) is 23.6 Å². The number of ether oxygens (including phenoxy) is 1. The molecule has 2 aliphatic heterocycles. The second kappa shape index (κ2) is 5.24. The molecule has 0 spiro atoms. The van der Waals surface area contributed by atoms with Crippen molar-refractivity contribution in [3.63, 3.8) is 0 Å². The molecule has 0 saturated carbocycles. The molecule has 0 atom stereocenters. The van der Waals surface area contributed by atoms with Gasteiger partial charge in [0.15, 0.2) is 12.4 Å². The first-order valence-electron chi connectivity index (χ1n) is 7.17. The van der Waals surface area contributed by atoms with E-state index >= 15 is 0 Å². The number of amides is 1. The fraction of sp³-hybridized carbons (Fsp3) is 0.267. The highest BCUT2D eigenvalue weighted by Crippen LogP contribution is 2.41. The zero-order valence-electron chi connectivity index (χ0n) is 12.1. The summed E-state index contributed by atoms with van der Waals surface area (Å²) in [6.07, 6.45) is 0.865. The first-order chi connectivity index (χ1) is 11.1. The van der Waals surface area contributed by atoms with Crippen molar-refractivity contribution in [3.8, 4) is 5.75 Å². The molecular weight excluding hydrogens is 318 g/mol. The first-order valence-corrected chi connectivity index (χ1v) is 8.05. The van der Waals surface area contributed by atoms with Gasteiger partial charge in [-0.2, -0.15) is 0 Å². The van der Waals surface area contributed by atoms with Gasteiger partial charge in [-0.05, 0) is 29.5 Å². The minimum Gasteiger partial charge on any atom is -0.481 e. The van der Waals surface area contributed by atoms with E-state index in [1.807, 2.05) is 10.3 Å². The molecule has 7 nitrogen and oxygen atoms in total. The van der Waals surface area contributed by atoms with Gasteiger partial charge in [-0.3, -0.25) is 14.9 Å². The molecule has 1 amide bonds. The van der Waals surface area contributed by atoms with Crippen molar-refractivity contribution in [2.75, 3.05) is 23.4 Å². The van der Waals surface area contributed by atoms with Gasteiger partial charge >= 0.3 is 0 Å². The molecule has 2 aliphatic rings.